The van der Waals surface area contributed by atoms with Crippen molar-refractivity contribution in [2.75, 3.05) is 7.11 Å². The van der Waals surface area contributed by atoms with Gasteiger partial charge < -0.3 is 9.84 Å². The average Bonchev–Trinajstić information content (AvgIpc) is 2.22. The van der Waals surface area contributed by atoms with Crippen LogP contribution in [0.4, 0.5) is 0 Å². The topological polar surface area (TPSA) is 59.4 Å². The number of ether oxygens (including phenoxy) is 1. The van der Waals surface area contributed by atoms with E-state index in [0.29, 0.717) is 6.61 Å². The Morgan fingerprint density at radius 3 is 2.50 bits per heavy atom. The largest absolute Gasteiger partial charge is 0.478 e. The predicted octanol–water partition coefficient (Wildman–Crippen LogP) is 1.95. The minimum absolute atomic E-state index is 0.190. The second-order valence-corrected chi connectivity index (χ2v) is 2.28. The molecule has 0 aliphatic heterocycles. The molecule has 78 valence electrons. The highest BCUT2D eigenvalue weighted by Gasteiger charge is 2.01. The molecule has 14 heavy (non-hydrogen) atoms. The fourth-order valence-corrected chi connectivity index (χ4v) is 0.784. The maximum absolute atomic E-state index is 10.4. The van der Waals surface area contributed by atoms with Crippen LogP contribution in [0, 0.1) is 0 Å². The summed E-state index contributed by atoms with van der Waals surface area (Å²) in [5.74, 6) is -0.966. The molecule has 0 aromatic carbocycles. The van der Waals surface area contributed by atoms with E-state index in [0.717, 1.165) is 5.69 Å². The van der Waals surface area contributed by atoms with Crippen LogP contribution in [0.2, 0.25) is 0 Å². The monoisotopic (exact) mass is 197 g/mol. The Hall–Kier alpha value is -1.42. The fourth-order valence-electron chi connectivity index (χ4n) is 0.784. The van der Waals surface area contributed by atoms with E-state index in [-0.39, 0.29) is 5.56 Å². The van der Waals surface area contributed by atoms with Crippen LogP contribution in [0.25, 0.3) is 0 Å². The number of aromatic carboxylic acids is 1. The number of carbonyl (C=O) groups is 1. The van der Waals surface area contributed by atoms with Gasteiger partial charge in [0.1, 0.15) is 0 Å². The Morgan fingerprint density at radius 1 is 1.50 bits per heavy atom. The predicted molar refractivity (Wildman–Crippen MR) is 53.3 cm³/mol. The highest BCUT2D eigenvalue weighted by atomic mass is 16.5. The van der Waals surface area contributed by atoms with Gasteiger partial charge in [0, 0.05) is 13.3 Å². The Bertz CT molecular complexity index is 269. The molecule has 1 aromatic heterocycles. The molecular weight excluding hydrogens is 182 g/mol. The molecule has 0 saturated carbocycles. The molecular formula is C10H15NO3. The summed E-state index contributed by atoms with van der Waals surface area (Å²) in [6.45, 7) is 4.40. The number of aromatic nitrogens is 1. The molecule has 0 bridgehead atoms. The first-order valence-corrected chi connectivity index (χ1v) is 4.41. The number of nitrogens with zero attached hydrogens (tertiary/aromatic N) is 1. The minimum atomic E-state index is -0.966. The number of hydrogen-bond acceptors (Lipinski definition) is 3. The second kappa shape index (κ2) is 7.03. The molecule has 4 nitrogen and oxygen atoms in total. The van der Waals surface area contributed by atoms with Gasteiger partial charge in [-0.25, -0.2) is 4.79 Å². The molecule has 1 rings (SSSR count). The van der Waals surface area contributed by atoms with Gasteiger partial charge in [-0.05, 0) is 12.1 Å². The highest BCUT2D eigenvalue weighted by Crippen LogP contribution is 2.00. The standard InChI is InChI=1S/C8H9NO3.C2H6/c1-12-5-7-3-2-6(4-9-7)8(10)11;1-2/h2-4H,5H2,1H3,(H,10,11);1-2H3. The van der Waals surface area contributed by atoms with Gasteiger partial charge in [0.25, 0.3) is 0 Å². The number of methoxy groups -OCH3 is 1. The maximum Gasteiger partial charge on any atom is 0.337 e. The van der Waals surface area contributed by atoms with Crippen LogP contribution in [0.15, 0.2) is 18.3 Å². The molecule has 0 aliphatic carbocycles. The molecule has 0 spiro atoms. The minimum Gasteiger partial charge on any atom is -0.478 e. The van der Waals surface area contributed by atoms with Crippen LogP contribution in [-0.4, -0.2) is 23.2 Å². The van der Waals surface area contributed by atoms with E-state index >= 15 is 0 Å². The molecule has 0 unspecified atom stereocenters. The van der Waals surface area contributed by atoms with E-state index in [1.807, 2.05) is 13.8 Å². The van der Waals surface area contributed by atoms with Gasteiger partial charge in [-0.2, -0.15) is 0 Å². The SMILES string of the molecule is CC.COCc1ccc(C(=O)O)cn1. The molecule has 0 fully saturated rings. The van der Waals surface area contributed by atoms with Crippen molar-refractivity contribution in [3.63, 3.8) is 0 Å². The second-order valence-electron chi connectivity index (χ2n) is 2.28. The van der Waals surface area contributed by atoms with Gasteiger partial charge >= 0.3 is 5.97 Å². The van der Waals surface area contributed by atoms with Gasteiger partial charge in [0.05, 0.1) is 17.9 Å². The number of carboxylic acids is 1. The lowest BCUT2D eigenvalue weighted by molar-refractivity contribution is 0.0696. The molecule has 0 atom stereocenters. The lowest BCUT2D eigenvalue weighted by Crippen LogP contribution is -1.99. The molecule has 1 aromatic rings. The van der Waals surface area contributed by atoms with E-state index in [1.165, 1.54) is 12.3 Å². The van der Waals surface area contributed by atoms with E-state index in [1.54, 1.807) is 13.2 Å². The van der Waals surface area contributed by atoms with Crippen molar-refractivity contribution >= 4 is 5.97 Å². The van der Waals surface area contributed by atoms with Crippen molar-refractivity contribution in [3.8, 4) is 0 Å². The Kier molecular flexibility index (Phi) is 6.32. The molecule has 4 heteroatoms. The van der Waals surface area contributed by atoms with Crippen LogP contribution in [0.5, 0.6) is 0 Å². The zero-order chi connectivity index (χ0) is 11.0. The zero-order valence-corrected chi connectivity index (χ0v) is 8.65. The first-order chi connectivity index (χ1) is 6.74. The van der Waals surface area contributed by atoms with E-state index in [2.05, 4.69) is 4.98 Å². The summed E-state index contributed by atoms with van der Waals surface area (Å²) < 4.78 is 4.82. The number of carboxylic acid groups (broad SMARTS) is 1. The summed E-state index contributed by atoms with van der Waals surface area (Å²) in [6, 6.07) is 3.14. The molecule has 0 aliphatic rings. The van der Waals surface area contributed by atoms with Gasteiger partial charge in [-0.1, -0.05) is 13.8 Å². The van der Waals surface area contributed by atoms with Crippen LogP contribution in [0.1, 0.15) is 29.9 Å². The first-order valence-electron chi connectivity index (χ1n) is 4.41. The van der Waals surface area contributed by atoms with Crippen molar-refractivity contribution in [3.05, 3.63) is 29.6 Å². The van der Waals surface area contributed by atoms with Crippen LogP contribution in [-0.2, 0) is 11.3 Å². The number of rotatable bonds is 3. The van der Waals surface area contributed by atoms with E-state index < -0.39 is 5.97 Å². The lowest BCUT2D eigenvalue weighted by atomic mass is 10.2. The summed E-state index contributed by atoms with van der Waals surface area (Å²) in [4.78, 5) is 14.3. The first kappa shape index (κ1) is 12.6. The van der Waals surface area contributed by atoms with Gasteiger partial charge in [0.15, 0.2) is 0 Å². The van der Waals surface area contributed by atoms with E-state index in [9.17, 15) is 4.79 Å². The molecule has 1 heterocycles. The zero-order valence-electron chi connectivity index (χ0n) is 8.65. The molecule has 0 radical (unpaired) electrons. The summed E-state index contributed by atoms with van der Waals surface area (Å²) in [7, 11) is 1.56. The quantitative estimate of drug-likeness (QED) is 0.804. The van der Waals surface area contributed by atoms with Gasteiger partial charge in [0.2, 0.25) is 0 Å². The van der Waals surface area contributed by atoms with E-state index in [4.69, 9.17) is 9.84 Å². The summed E-state index contributed by atoms with van der Waals surface area (Å²) >= 11 is 0. The normalized spacial score (nSPS) is 8.79. The Morgan fingerprint density at radius 2 is 2.14 bits per heavy atom. The summed E-state index contributed by atoms with van der Waals surface area (Å²) in [5, 5.41) is 8.53. The smallest absolute Gasteiger partial charge is 0.337 e. The maximum atomic E-state index is 10.4. The van der Waals surface area contributed by atoms with Crippen molar-refractivity contribution in [2.45, 2.75) is 20.5 Å². The summed E-state index contributed by atoms with van der Waals surface area (Å²) in [5.41, 5.74) is 0.914. The third-order valence-corrected chi connectivity index (χ3v) is 1.36. The van der Waals surface area contributed by atoms with Gasteiger partial charge in [-0.3, -0.25) is 4.98 Å². The molecule has 0 saturated heterocycles. The van der Waals surface area contributed by atoms with Crippen LogP contribution in [0.3, 0.4) is 0 Å². The van der Waals surface area contributed by atoms with Crippen molar-refractivity contribution in [2.24, 2.45) is 0 Å². The van der Waals surface area contributed by atoms with Gasteiger partial charge in [-0.15, -0.1) is 0 Å². The summed E-state index contributed by atoms with van der Waals surface area (Å²) in [6.07, 6.45) is 1.32. The fraction of sp³-hybridized carbons (Fsp3) is 0.400. The Balaban J connectivity index is 0.000000791. The highest BCUT2D eigenvalue weighted by molar-refractivity contribution is 5.87. The average molecular weight is 197 g/mol. The molecule has 1 N–H and O–H groups in total. The lowest BCUT2D eigenvalue weighted by Gasteiger charge is -1.98. The van der Waals surface area contributed by atoms with Crippen molar-refractivity contribution in [1.82, 2.24) is 4.98 Å². The third kappa shape index (κ3) is 4.00. The van der Waals surface area contributed by atoms with Crippen molar-refractivity contribution < 1.29 is 14.6 Å². The van der Waals surface area contributed by atoms with Crippen LogP contribution >= 0.6 is 0 Å². The molecule has 0 amide bonds. The van der Waals surface area contributed by atoms with Crippen molar-refractivity contribution in [1.29, 1.82) is 0 Å². The number of pyridine rings is 1. The number of hydrogen-bond donors (Lipinski definition) is 1. The van der Waals surface area contributed by atoms with Crippen LogP contribution < -0.4 is 0 Å². The third-order valence-electron chi connectivity index (χ3n) is 1.36. The Labute approximate surface area is 83.6 Å².